The average Bonchev–Trinajstić information content (AvgIpc) is 1.94. The van der Waals surface area contributed by atoms with Crippen LogP contribution in [0, 0.1) is 0 Å². The number of phenolic OH excluding ortho intramolecular Hbond substituents is 1. The minimum atomic E-state index is 0. The third-order valence-electron chi connectivity index (χ3n) is 1.13. The molecule has 2 N–H and O–H groups in total. The fourth-order valence-corrected chi connectivity index (χ4v) is 0.659. The smallest absolute Gasteiger partial charge is 0.124 e. The number of oxime groups is 1. The molecule has 0 heterocycles. The minimum absolute atomic E-state index is 0. The van der Waals surface area contributed by atoms with Gasteiger partial charge in [-0.3, -0.25) is 0 Å². The molecular formula is C7H7NNiO2. The van der Waals surface area contributed by atoms with Gasteiger partial charge in [0.05, 0.1) is 6.21 Å². The van der Waals surface area contributed by atoms with Gasteiger partial charge in [-0.15, -0.1) is 0 Å². The van der Waals surface area contributed by atoms with Crippen molar-refractivity contribution in [3.05, 3.63) is 29.8 Å². The van der Waals surface area contributed by atoms with Crippen LogP contribution in [0.3, 0.4) is 0 Å². The molecule has 4 heteroatoms. The first-order chi connectivity index (χ1) is 4.84. The van der Waals surface area contributed by atoms with Crippen molar-refractivity contribution in [3.63, 3.8) is 0 Å². The van der Waals surface area contributed by atoms with E-state index >= 15 is 0 Å². The number of hydrogen-bond acceptors (Lipinski definition) is 3. The molecule has 1 aromatic carbocycles. The van der Waals surface area contributed by atoms with E-state index in [0.717, 1.165) is 0 Å². The summed E-state index contributed by atoms with van der Waals surface area (Å²) < 4.78 is 0. The molecule has 0 aliphatic rings. The topological polar surface area (TPSA) is 52.8 Å². The fourth-order valence-electron chi connectivity index (χ4n) is 0.659. The number of aromatic hydroxyl groups is 1. The summed E-state index contributed by atoms with van der Waals surface area (Å²) >= 11 is 0. The van der Waals surface area contributed by atoms with Gasteiger partial charge in [0.1, 0.15) is 5.75 Å². The Bertz CT molecular complexity index is 250. The molecule has 11 heavy (non-hydrogen) atoms. The molecule has 0 spiro atoms. The van der Waals surface area contributed by atoms with Gasteiger partial charge in [0, 0.05) is 22.1 Å². The first-order valence-corrected chi connectivity index (χ1v) is 2.80. The van der Waals surface area contributed by atoms with E-state index in [1.165, 1.54) is 12.3 Å². The van der Waals surface area contributed by atoms with Gasteiger partial charge in [-0.25, -0.2) is 0 Å². The van der Waals surface area contributed by atoms with E-state index in [0.29, 0.717) is 5.56 Å². The number of para-hydroxylation sites is 1. The summed E-state index contributed by atoms with van der Waals surface area (Å²) in [7, 11) is 0. The maximum Gasteiger partial charge on any atom is 0.124 e. The van der Waals surface area contributed by atoms with Crippen molar-refractivity contribution < 1.29 is 26.8 Å². The van der Waals surface area contributed by atoms with E-state index in [9.17, 15) is 0 Å². The van der Waals surface area contributed by atoms with E-state index in [4.69, 9.17) is 10.3 Å². The largest absolute Gasteiger partial charge is 0.507 e. The second-order valence-corrected chi connectivity index (χ2v) is 1.80. The van der Waals surface area contributed by atoms with E-state index in [-0.39, 0.29) is 22.2 Å². The van der Waals surface area contributed by atoms with Gasteiger partial charge < -0.3 is 10.3 Å². The summed E-state index contributed by atoms with van der Waals surface area (Å²) in [4.78, 5) is 0. The molecule has 0 radical (unpaired) electrons. The summed E-state index contributed by atoms with van der Waals surface area (Å²) in [5.74, 6) is 0.111. The fraction of sp³-hybridized carbons (Fsp3) is 0. The van der Waals surface area contributed by atoms with E-state index in [2.05, 4.69) is 5.16 Å². The van der Waals surface area contributed by atoms with Gasteiger partial charge in [-0.05, 0) is 12.1 Å². The molecule has 0 fully saturated rings. The third-order valence-corrected chi connectivity index (χ3v) is 1.13. The minimum Gasteiger partial charge on any atom is -0.507 e. The van der Waals surface area contributed by atoms with Crippen molar-refractivity contribution in [1.29, 1.82) is 0 Å². The molecule has 3 nitrogen and oxygen atoms in total. The Balaban J connectivity index is 0.000001000. The molecule has 0 saturated carbocycles. The zero-order chi connectivity index (χ0) is 7.40. The van der Waals surface area contributed by atoms with Gasteiger partial charge in [-0.2, -0.15) is 0 Å². The second-order valence-electron chi connectivity index (χ2n) is 1.80. The Morgan fingerprint density at radius 1 is 1.27 bits per heavy atom. The maximum atomic E-state index is 9.04. The Morgan fingerprint density at radius 3 is 2.45 bits per heavy atom. The van der Waals surface area contributed by atoms with Crippen molar-refractivity contribution in [2.24, 2.45) is 5.16 Å². The molecule has 62 valence electrons. The normalized spacial score (nSPS) is 9.45. The molecule has 0 amide bonds. The van der Waals surface area contributed by atoms with Crippen LogP contribution in [-0.2, 0) is 16.5 Å². The Kier molecular flexibility index (Phi) is 4.31. The van der Waals surface area contributed by atoms with Crippen LogP contribution in [0.5, 0.6) is 5.75 Å². The zero-order valence-corrected chi connectivity index (χ0v) is 6.53. The van der Waals surface area contributed by atoms with E-state index < -0.39 is 0 Å². The summed E-state index contributed by atoms with van der Waals surface area (Å²) in [6.45, 7) is 0. The third kappa shape index (κ3) is 2.60. The number of hydrogen-bond donors (Lipinski definition) is 2. The molecule has 0 bridgehead atoms. The van der Waals surface area contributed by atoms with Crippen molar-refractivity contribution in [1.82, 2.24) is 0 Å². The van der Waals surface area contributed by atoms with Crippen LogP contribution in [0.1, 0.15) is 5.56 Å². The quantitative estimate of drug-likeness (QED) is 0.306. The summed E-state index contributed by atoms with van der Waals surface area (Å²) in [5, 5.41) is 19.9. The molecule has 1 aromatic rings. The van der Waals surface area contributed by atoms with Crippen LogP contribution < -0.4 is 0 Å². The van der Waals surface area contributed by atoms with E-state index in [1.54, 1.807) is 18.2 Å². The van der Waals surface area contributed by atoms with Crippen molar-refractivity contribution in [2.45, 2.75) is 0 Å². The maximum absolute atomic E-state index is 9.04. The number of benzene rings is 1. The van der Waals surface area contributed by atoms with E-state index in [1.807, 2.05) is 0 Å². The van der Waals surface area contributed by atoms with Gasteiger partial charge in [0.2, 0.25) is 0 Å². The predicted molar refractivity (Wildman–Crippen MR) is 37.5 cm³/mol. The summed E-state index contributed by atoms with van der Waals surface area (Å²) in [5.41, 5.74) is 0.505. The number of nitrogens with zero attached hydrogens (tertiary/aromatic N) is 1. The Labute approximate surface area is 74.3 Å². The van der Waals surface area contributed by atoms with Gasteiger partial charge >= 0.3 is 0 Å². The SMILES string of the molecule is O/N=C\c1ccccc1O.[Ni]. The standard InChI is InChI=1S/C7H7NO2.Ni/c9-7-4-2-1-3-6(7)5-8-10;/h1-5,9-10H;/b8-5-;. The number of rotatable bonds is 1. The monoisotopic (exact) mass is 195 g/mol. The van der Waals surface area contributed by atoms with Crippen LogP contribution in [0.2, 0.25) is 0 Å². The Morgan fingerprint density at radius 2 is 1.91 bits per heavy atom. The molecule has 0 unspecified atom stereocenters. The Hall–Kier alpha value is -1.02. The molecule has 0 atom stereocenters. The van der Waals surface area contributed by atoms with Gasteiger partial charge in [0.15, 0.2) is 0 Å². The van der Waals surface area contributed by atoms with Crippen molar-refractivity contribution >= 4 is 6.21 Å². The molecule has 0 aliphatic carbocycles. The van der Waals surface area contributed by atoms with Crippen molar-refractivity contribution in [2.75, 3.05) is 0 Å². The predicted octanol–water partition coefficient (Wildman–Crippen LogP) is 1.20. The van der Waals surface area contributed by atoms with Crippen LogP contribution >= 0.6 is 0 Å². The average molecular weight is 196 g/mol. The van der Waals surface area contributed by atoms with Gasteiger partial charge in [0.25, 0.3) is 0 Å². The van der Waals surface area contributed by atoms with Crippen LogP contribution in [-0.4, -0.2) is 16.5 Å². The van der Waals surface area contributed by atoms with Crippen LogP contribution in [0.15, 0.2) is 29.4 Å². The van der Waals surface area contributed by atoms with Gasteiger partial charge in [-0.1, -0.05) is 17.3 Å². The molecule has 1 rings (SSSR count). The first-order valence-electron chi connectivity index (χ1n) is 2.80. The second kappa shape index (κ2) is 4.75. The van der Waals surface area contributed by atoms with Crippen LogP contribution in [0.4, 0.5) is 0 Å². The van der Waals surface area contributed by atoms with Crippen LogP contribution in [0.25, 0.3) is 0 Å². The first kappa shape index (κ1) is 9.98. The molecule has 0 aliphatic heterocycles. The molecule has 0 aromatic heterocycles. The molecular weight excluding hydrogens is 189 g/mol. The summed E-state index contributed by atoms with van der Waals surface area (Å²) in [6, 6.07) is 6.62. The number of phenols is 1. The van der Waals surface area contributed by atoms with Crippen molar-refractivity contribution in [3.8, 4) is 5.75 Å². The zero-order valence-electron chi connectivity index (χ0n) is 5.54. The summed E-state index contributed by atoms with van der Waals surface area (Å²) in [6.07, 6.45) is 1.18. The molecule has 0 saturated heterocycles.